The van der Waals surface area contributed by atoms with Gasteiger partial charge in [0.2, 0.25) is 5.91 Å². The van der Waals surface area contributed by atoms with Crippen LogP contribution in [-0.2, 0) is 9.53 Å². The van der Waals surface area contributed by atoms with Crippen LogP contribution < -0.4 is 5.32 Å². The van der Waals surface area contributed by atoms with E-state index in [4.69, 9.17) is 5.53 Å². The van der Waals surface area contributed by atoms with Crippen LogP contribution in [0.3, 0.4) is 0 Å². The van der Waals surface area contributed by atoms with Gasteiger partial charge in [-0.25, -0.2) is 9.78 Å². The number of amides is 2. The SMILES string of the molecule is COC(=O)N[C@H](C(=O)N1CCCC1c1ncc(-c2ccc(N=[N+]=[N-])cc2)[nH]1)C(C)C. The van der Waals surface area contributed by atoms with Gasteiger partial charge in [0.1, 0.15) is 11.9 Å². The molecule has 10 heteroatoms. The molecule has 1 fully saturated rings. The van der Waals surface area contributed by atoms with Crippen LogP contribution in [0.1, 0.15) is 38.6 Å². The van der Waals surface area contributed by atoms with Gasteiger partial charge in [-0.05, 0) is 29.9 Å². The van der Waals surface area contributed by atoms with Crippen LogP contribution in [0.5, 0.6) is 0 Å². The monoisotopic (exact) mass is 411 g/mol. The first-order chi connectivity index (χ1) is 14.4. The molecule has 2 heterocycles. The van der Waals surface area contributed by atoms with Gasteiger partial charge in [0.05, 0.1) is 25.0 Å². The van der Waals surface area contributed by atoms with Crippen molar-refractivity contribution in [1.29, 1.82) is 0 Å². The second kappa shape index (κ2) is 9.32. The van der Waals surface area contributed by atoms with Gasteiger partial charge < -0.3 is 19.9 Å². The van der Waals surface area contributed by atoms with Crippen LogP contribution in [0.15, 0.2) is 35.6 Å². The van der Waals surface area contributed by atoms with Gasteiger partial charge in [0.25, 0.3) is 0 Å². The Kier molecular flexibility index (Phi) is 6.58. The first-order valence-corrected chi connectivity index (χ1v) is 9.80. The number of carbonyl (C=O) groups is 2. The van der Waals surface area contributed by atoms with Crippen LogP contribution in [0, 0.1) is 5.92 Å². The summed E-state index contributed by atoms with van der Waals surface area (Å²) in [6, 6.07) is 6.29. The number of hydrogen-bond acceptors (Lipinski definition) is 5. The van der Waals surface area contributed by atoms with Crippen molar-refractivity contribution >= 4 is 17.7 Å². The number of aromatic nitrogens is 2. The number of nitrogens with zero attached hydrogens (tertiary/aromatic N) is 5. The fourth-order valence-electron chi connectivity index (χ4n) is 3.60. The predicted molar refractivity (Wildman–Crippen MR) is 111 cm³/mol. The van der Waals surface area contributed by atoms with Crippen LogP contribution >= 0.6 is 0 Å². The number of imidazole rings is 1. The number of alkyl carbamates (subject to hydrolysis) is 1. The summed E-state index contributed by atoms with van der Waals surface area (Å²) in [7, 11) is 1.28. The highest BCUT2D eigenvalue weighted by Gasteiger charge is 2.37. The quantitative estimate of drug-likeness (QED) is 0.421. The summed E-state index contributed by atoms with van der Waals surface area (Å²) in [6.07, 6.45) is 2.75. The zero-order chi connectivity index (χ0) is 21.7. The third-order valence-electron chi connectivity index (χ3n) is 5.18. The number of aromatic amines is 1. The molecule has 1 unspecified atom stereocenters. The van der Waals surface area contributed by atoms with Crippen LogP contribution in [0.2, 0.25) is 0 Å². The van der Waals surface area contributed by atoms with Gasteiger partial charge in [-0.2, -0.15) is 0 Å². The van der Waals surface area contributed by atoms with Crippen molar-refractivity contribution in [2.75, 3.05) is 13.7 Å². The zero-order valence-corrected chi connectivity index (χ0v) is 17.2. The molecule has 0 bridgehead atoms. The highest BCUT2D eigenvalue weighted by atomic mass is 16.5. The summed E-state index contributed by atoms with van der Waals surface area (Å²) in [5, 5.41) is 6.21. The Morgan fingerprint density at radius 3 is 2.73 bits per heavy atom. The molecule has 0 spiro atoms. The number of methoxy groups -OCH3 is 1. The van der Waals surface area contributed by atoms with Crippen molar-refractivity contribution in [3.05, 3.63) is 46.7 Å². The largest absolute Gasteiger partial charge is 0.453 e. The molecular formula is C20H25N7O3. The van der Waals surface area contributed by atoms with Crippen molar-refractivity contribution in [2.45, 2.75) is 38.8 Å². The minimum atomic E-state index is -0.666. The van der Waals surface area contributed by atoms with E-state index in [0.29, 0.717) is 18.1 Å². The third-order valence-corrected chi connectivity index (χ3v) is 5.18. The molecule has 2 atom stereocenters. The first kappa shape index (κ1) is 21.2. The Morgan fingerprint density at radius 1 is 1.37 bits per heavy atom. The molecule has 1 aromatic carbocycles. The molecule has 0 radical (unpaired) electrons. The smallest absolute Gasteiger partial charge is 0.407 e. The average molecular weight is 411 g/mol. The van der Waals surface area contributed by atoms with E-state index in [1.807, 2.05) is 26.0 Å². The van der Waals surface area contributed by atoms with Gasteiger partial charge in [-0.3, -0.25) is 4.79 Å². The van der Waals surface area contributed by atoms with E-state index in [2.05, 4.69) is 30.0 Å². The van der Waals surface area contributed by atoms with Crippen LogP contribution in [0.25, 0.3) is 21.7 Å². The molecule has 10 nitrogen and oxygen atoms in total. The van der Waals surface area contributed by atoms with Gasteiger partial charge in [0, 0.05) is 17.1 Å². The predicted octanol–water partition coefficient (Wildman–Crippen LogP) is 4.06. The Bertz CT molecular complexity index is 948. The van der Waals surface area contributed by atoms with Gasteiger partial charge in [-0.15, -0.1) is 0 Å². The second-order valence-corrected chi connectivity index (χ2v) is 7.47. The van der Waals surface area contributed by atoms with E-state index in [-0.39, 0.29) is 17.9 Å². The van der Waals surface area contributed by atoms with Crippen LogP contribution in [0.4, 0.5) is 10.5 Å². The Balaban J connectivity index is 1.79. The molecule has 3 rings (SSSR count). The molecule has 2 N–H and O–H groups in total. The molecular weight excluding hydrogens is 386 g/mol. The summed E-state index contributed by atoms with van der Waals surface area (Å²) in [5.41, 5.74) is 10.8. The van der Waals surface area contributed by atoms with Crippen molar-refractivity contribution in [1.82, 2.24) is 20.2 Å². The molecule has 0 aliphatic carbocycles. The fraction of sp³-hybridized carbons (Fsp3) is 0.450. The van der Waals surface area contributed by atoms with Gasteiger partial charge in [-0.1, -0.05) is 43.2 Å². The molecule has 30 heavy (non-hydrogen) atoms. The number of H-pyrrole nitrogens is 1. The molecule has 158 valence electrons. The summed E-state index contributed by atoms with van der Waals surface area (Å²) in [5.74, 6) is 0.477. The standard InChI is InChI=1S/C20H25N7O3/c1-12(2)17(24-20(29)30-3)19(28)27-10-4-5-16(27)18-22-11-15(23-18)13-6-8-14(9-7-13)25-26-21/h6-9,11-12,16-17H,4-5,10H2,1-3H3,(H,22,23)(H,24,29)/t16?,17-/m0/s1. The third kappa shape index (κ3) is 4.55. The minimum absolute atomic E-state index is 0.0837. The lowest BCUT2D eigenvalue weighted by Gasteiger charge is -2.30. The molecule has 0 saturated carbocycles. The number of rotatable bonds is 6. The first-order valence-electron chi connectivity index (χ1n) is 9.80. The Morgan fingerprint density at radius 2 is 2.10 bits per heavy atom. The number of hydrogen-bond donors (Lipinski definition) is 2. The zero-order valence-electron chi connectivity index (χ0n) is 17.2. The van der Waals surface area contributed by atoms with Crippen molar-refractivity contribution in [3.63, 3.8) is 0 Å². The lowest BCUT2D eigenvalue weighted by atomic mass is 10.0. The minimum Gasteiger partial charge on any atom is -0.453 e. The highest BCUT2D eigenvalue weighted by Crippen LogP contribution is 2.33. The van der Waals surface area contributed by atoms with Crippen molar-refractivity contribution < 1.29 is 14.3 Å². The molecule has 1 aliphatic rings. The van der Waals surface area contributed by atoms with E-state index in [0.717, 1.165) is 24.1 Å². The molecule has 1 aliphatic heterocycles. The van der Waals surface area contributed by atoms with Gasteiger partial charge in [0.15, 0.2) is 0 Å². The molecule has 1 aromatic heterocycles. The lowest BCUT2D eigenvalue weighted by Crippen LogP contribution is -2.51. The number of nitrogens with one attached hydrogen (secondary N) is 2. The normalized spacial score (nSPS) is 16.8. The van der Waals surface area contributed by atoms with Crippen molar-refractivity contribution in [3.8, 4) is 11.3 Å². The maximum absolute atomic E-state index is 13.2. The number of likely N-dealkylation sites (tertiary alicyclic amines) is 1. The number of azide groups is 1. The maximum atomic E-state index is 13.2. The van der Waals surface area contributed by atoms with E-state index >= 15 is 0 Å². The molecule has 2 amide bonds. The summed E-state index contributed by atoms with van der Waals surface area (Å²) in [4.78, 5) is 37.2. The lowest BCUT2D eigenvalue weighted by molar-refractivity contribution is -0.135. The van der Waals surface area contributed by atoms with Crippen LogP contribution in [-0.4, -0.2) is 46.6 Å². The van der Waals surface area contributed by atoms with E-state index in [1.165, 1.54) is 7.11 Å². The average Bonchev–Trinajstić information content (AvgIpc) is 3.41. The Hall–Kier alpha value is -3.52. The summed E-state index contributed by atoms with van der Waals surface area (Å²) in [6.45, 7) is 4.37. The van der Waals surface area contributed by atoms with E-state index < -0.39 is 12.1 Å². The molecule has 2 aromatic rings. The summed E-state index contributed by atoms with van der Waals surface area (Å²) < 4.78 is 4.67. The second-order valence-electron chi connectivity index (χ2n) is 7.47. The maximum Gasteiger partial charge on any atom is 0.407 e. The number of benzene rings is 1. The Labute approximate surface area is 174 Å². The topological polar surface area (TPSA) is 136 Å². The fourth-order valence-corrected chi connectivity index (χ4v) is 3.60. The van der Waals surface area contributed by atoms with Gasteiger partial charge >= 0.3 is 6.09 Å². The van der Waals surface area contributed by atoms with Crippen molar-refractivity contribution in [2.24, 2.45) is 11.0 Å². The summed E-state index contributed by atoms with van der Waals surface area (Å²) >= 11 is 0. The number of carbonyl (C=O) groups excluding carboxylic acids is 2. The highest BCUT2D eigenvalue weighted by molar-refractivity contribution is 5.86. The number of ether oxygens (including phenoxy) is 1. The molecule has 1 saturated heterocycles. The van der Waals surface area contributed by atoms with E-state index in [9.17, 15) is 9.59 Å². The van der Waals surface area contributed by atoms with E-state index in [1.54, 1.807) is 23.2 Å².